The van der Waals surface area contributed by atoms with Crippen LogP contribution in [0.2, 0.25) is 0 Å². The lowest BCUT2D eigenvalue weighted by molar-refractivity contribution is 0.237. The molecule has 0 bridgehead atoms. The molecule has 0 aromatic rings. The van der Waals surface area contributed by atoms with E-state index in [0.29, 0.717) is 0 Å². The Morgan fingerprint density at radius 1 is 0.588 bits per heavy atom. The van der Waals surface area contributed by atoms with Crippen molar-refractivity contribution in [1.82, 2.24) is 0 Å². The summed E-state index contributed by atoms with van der Waals surface area (Å²) in [5.74, 6) is 0. The third kappa shape index (κ3) is 15.1. The first kappa shape index (κ1) is 16.1. The second kappa shape index (κ2) is 15.1. The zero-order valence-corrected chi connectivity index (χ0v) is 11.5. The van der Waals surface area contributed by atoms with Crippen molar-refractivity contribution in [1.29, 1.82) is 0 Å². The van der Waals surface area contributed by atoms with Crippen molar-refractivity contribution in [2.24, 2.45) is 0 Å². The summed E-state index contributed by atoms with van der Waals surface area (Å²) >= 11 is 0. The van der Waals surface area contributed by atoms with Crippen LogP contribution >= 0.6 is 0 Å². The predicted octanol–water partition coefficient (Wildman–Crippen LogP) is 4.82. The third-order valence-electron chi connectivity index (χ3n) is 2.49. The standard InChI is InChI=1S/C15H28O2/c1-3-12-16-14-10-8-6-5-7-9-11-15-17-13-4-2/h3-4,12-13H,5-11,14-15H2,1-2H3. The third-order valence-corrected chi connectivity index (χ3v) is 2.49. The smallest absolute Gasteiger partial charge is 0.0873 e. The van der Waals surface area contributed by atoms with E-state index in [-0.39, 0.29) is 0 Å². The summed E-state index contributed by atoms with van der Waals surface area (Å²) in [5, 5.41) is 0. The Hall–Kier alpha value is -0.920. The van der Waals surface area contributed by atoms with Crippen LogP contribution in [0, 0.1) is 0 Å². The first-order chi connectivity index (χ1) is 8.41. The Morgan fingerprint density at radius 3 is 1.29 bits per heavy atom. The van der Waals surface area contributed by atoms with E-state index in [1.54, 1.807) is 12.5 Å². The molecule has 17 heavy (non-hydrogen) atoms. The minimum atomic E-state index is 0.863. The van der Waals surface area contributed by atoms with Crippen molar-refractivity contribution in [2.45, 2.75) is 58.8 Å². The Morgan fingerprint density at radius 2 is 0.941 bits per heavy atom. The molecule has 0 aromatic carbocycles. The van der Waals surface area contributed by atoms with E-state index in [2.05, 4.69) is 0 Å². The molecule has 0 rings (SSSR count). The van der Waals surface area contributed by atoms with E-state index in [9.17, 15) is 0 Å². The van der Waals surface area contributed by atoms with Gasteiger partial charge in [-0.2, -0.15) is 0 Å². The molecular formula is C15H28O2. The van der Waals surface area contributed by atoms with Crippen molar-refractivity contribution >= 4 is 0 Å². The molecule has 0 N–H and O–H groups in total. The van der Waals surface area contributed by atoms with Gasteiger partial charge < -0.3 is 9.47 Å². The van der Waals surface area contributed by atoms with E-state index in [1.165, 1.54) is 44.9 Å². The lowest BCUT2D eigenvalue weighted by atomic mass is 10.1. The number of unbranched alkanes of at least 4 members (excludes halogenated alkanes) is 6. The highest BCUT2D eigenvalue weighted by Gasteiger charge is 1.92. The molecule has 0 aromatic heterocycles. The van der Waals surface area contributed by atoms with Crippen LogP contribution in [-0.4, -0.2) is 13.2 Å². The highest BCUT2D eigenvalue weighted by molar-refractivity contribution is 4.65. The molecule has 2 heteroatoms. The fourth-order valence-corrected chi connectivity index (χ4v) is 1.58. The van der Waals surface area contributed by atoms with Crippen LogP contribution in [0.1, 0.15) is 58.8 Å². The van der Waals surface area contributed by atoms with Gasteiger partial charge in [-0.25, -0.2) is 0 Å². The maximum Gasteiger partial charge on any atom is 0.0873 e. The van der Waals surface area contributed by atoms with Crippen LogP contribution in [0.4, 0.5) is 0 Å². The van der Waals surface area contributed by atoms with Crippen molar-refractivity contribution in [2.75, 3.05) is 13.2 Å². The fraction of sp³-hybridized carbons (Fsp3) is 0.733. The van der Waals surface area contributed by atoms with Gasteiger partial charge in [-0.15, -0.1) is 0 Å². The van der Waals surface area contributed by atoms with Crippen LogP contribution in [-0.2, 0) is 9.47 Å². The first-order valence-corrected chi connectivity index (χ1v) is 6.87. The maximum atomic E-state index is 5.26. The Labute approximate surface area is 107 Å². The highest BCUT2D eigenvalue weighted by Crippen LogP contribution is 2.07. The quantitative estimate of drug-likeness (QED) is 0.360. The topological polar surface area (TPSA) is 18.5 Å². The van der Waals surface area contributed by atoms with E-state index in [4.69, 9.17) is 9.47 Å². The normalized spacial score (nSPS) is 11.4. The number of allylic oxidation sites excluding steroid dienone is 2. The van der Waals surface area contributed by atoms with Crippen molar-refractivity contribution in [3.05, 3.63) is 24.7 Å². The number of hydrogen-bond acceptors (Lipinski definition) is 2. The van der Waals surface area contributed by atoms with Gasteiger partial charge in [0, 0.05) is 0 Å². The zero-order valence-electron chi connectivity index (χ0n) is 11.5. The summed E-state index contributed by atoms with van der Waals surface area (Å²) in [4.78, 5) is 0. The van der Waals surface area contributed by atoms with Crippen LogP contribution in [0.15, 0.2) is 24.7 Å². The molecular weight excluding hydrogens is 212 g/mol. The molecule has 0 spiro atoms. The molecule has 0 atom stereocenters. The molecule has 0 saturated carbocycles. The van der Waals surface area contributed by atoms with E-state index < -0.39 is 0 Å². The van der Waals surface area contributed by atoms with Gasteiger partial charge >= 0.3 is 0 Å². The average molecular weight is 240 g/mol. The maximum absolute atomic E-state index is 5.26. The van der Waals surface area contributed by atoms with E-state index in [0.717, 1.165) is 13.2 Å². The molecule has 0 amide bonds. The molecule has 0 heterocycles. The van der Waals surface area contributed by atoms with Gasteiger partial charge in [0.1, 0.15) is 0 Å². The largest absolute Gasteiger partial charge is 0.502 e. The molecule has 0 unspecified atom stereocenters. The monoisotopic (exact) mass is 240 g/mol. The second-order valence-electron chi connectivity index (χ2n) is 4.16. The van der Waals surface area contributed by atoms with Gasteiger partial charge in [-0.05, 0) is 26.7 Å². The average Bonchev–Trinajstić information content (AvgIpc) is 2.35. The Balaban J connectivity index is 2.94. The minimum Gasteiger partial charge on any atom is -0.502 e. The van der Waals surface area contributed by atoms with Gasteiger partial charge in [-0.3, -0.25) is 0 Å². The van der Waals surface area contributed by atoms with Crippen molar-refractivity contribution in [3.8, 4) is 0 Å². The summed E-state index contributed by atoms with van der Waals surface area (Å²) in [5.41, 5.74) is 0. The number of ether oxygens (including phenoxy) is 2. The number of rotatable bonds is 12. The van der Waals surface area contributed by atoms with Crippen LogP contribution in [0.25, 0.3) is 0 Å². The Bertz CT molecular complexity index is 165. The zero-order chi connectivity index (χ0) is 12.6. The summed E-state index contributed by atoms with van der Waals surface area (Å²) < 4.78 is 10.5. The minimum absolute atomic E-state index is 0.863. The molecule has 0 aliphatic rings. The SMILES string of the molecule is CC=COCCCCCCCCCOC=CC. The van der Waals surface area contributed by atoms with Crippen molar-refractivity contribution in [3.63, 3.8) is 0 Å². The van der Waals surface area contributed by atoms with Gasteiger partial charge in [0.05, 0.1) is 25.7 Å². The predicted molar refractivity (Wildman–Crippen MR) is 73.9 cm³/mol. The lowest BCUT2D eigenvalue weighted by Crippen LogP contribution is -1.89. The van der Waals surface area contributed by atoms with Gasteiger partial charge in [-0.1, -0.05) is 44.3 Å². The Kier molecular flexibility index (Phi) is 14.3. The second-order valence-corrected chi connectivity index (χ2v) is 4.16. The highest BCUT2D eigenvalue weighted by atomic mass is 16.5. The van der Waals surface area contributed by atoms with E-state index >= 15 is 0 Å². The first-order valence-electron chi connectivity index (χ1n) is 6.87. The van der Waals surface area contributed by atoms with Gasteiger partial charge in [0.25, 0.3) is 0 Å². The summed E-state index contributed by atoms with van der Waals surface area (Å²) in [7, 11) is 0. The summed E-state index contributed by atoms with van der Waals surface area (Å²) in [6.07, 6.45) is 16.3. The molecule has 2 nitrogen and oxygen atoms in total. The van der Waals surface area contributed by atoms with Gasteiger partial charge in [0.2, 0.25) is 0 Å². The summed E-state index contributed by atoms with van der Waals surface area (Å²) in [6, 6.07) is 0. The molecule has 100 valence electrons. The molecule has 0 saturated heterocycles. The van der Waals surface area contributed by atoms with Gasteiger partial charge in [0.15, 0.2) is 0 Å². The van der Waals surface area contributed by atoms with Crippen LogP contribution < -0.4 is 0 Å². The molecule has 0 fully saturated rings. The summed E-state index contributed by atoms with van der Waals surface area (Å²) in [6.45, 7) is 5.67. The lowest BCUT2D eigenvalue weighted by Gasteiger charge is -2.03. The van der Waals surface area contributed by atoms with Crippen molar-refractivity contribution < 1.29 is 9.47 Å². The fourth-order valence-electron chi connectivity index (χ4n) is 1.58. The number of hydrogen-bond donors (Lipinski definition) is 0. The molecule has 0 aliphatic carbocycles. The van der Waals surface area contributed by atoms with Crippen LogP contribution in [0.5, 0.6) is 0 Å². The molecule has 0 radical (unpaired) electrons. The van der Waals surface area contributed by atoms with Crippen LogP contribution in [0.3, 0.4) is 0 Å². The molecule has 0 aliphatic heterocycles. The van der Waals surface area contributed by atoms with E-state index in [1.807, 2.05) is 26.0 Å².